The van der Waals surface area contributed by atoms with Gasteiger partial charge in [-0.3, -0.25) is 9.59 Å². The number of carbonyl (C=O) groups excluding carboxylic acids is 2. The third-order valence-electron chi connectivity index (χ3n) is 2.90. The molecular weight excluding hydrogens is 282 g/mol. The standard InChI is InChI=1S/C16H23N3O3/c1-4-5-9-15(20)19-18-12(2)10-16(21)17-13-7-6-8-14(11-13)22-3/h6-8,11H,4-5,9-10H2,1-3H3,(H,17,21)(H,19,20)/b18-12-. The Kier molecular flexibility index (Phi) is 7.67. The minimum atomic E-state index is -0.197. The smallest absolute Gasteiger partial charge is 0.240 e. The fourth-order valence-corrected chi connectivity index (χ4v) is 1.73. The molecule has 2 amide bonds. The molecule has 0 aliphatic carbocycles. The van der Waals surface area contributed by atoms with Crippen molar-refractivity contribution in [3.63, 3.8) is 0 Å². The molecule has 0 bridgehead atoms. The molecule has 1 rings (SSSR count). The number of nitrogens with one attached hydrogen (secondary N) is 2. The number of unbranched alkanes of at least 4 members (excludes halogenated alkanes) is 1. The molecule has 0 spiro atoms. The molecule has 1 aromatic rings. The number of ether oxygens (including phenoxy) is 1. The molecule has 0 heterocycles. The molecule has 0 saturated carbocycles. The fraction of sp³-hybridized carbons (Fsp3) is 0.438. The van der Waals surface area contributed by atoms with Crippen molar-refractivity contribution in [2.75, 3.05) is 12.4 Å². The monoisotopic (exact) mass is 305 g/mol. The second-order valence-electron chi connectivity index (χ2n) is 4.94. The van der Waals surface area contributed by atoms with Crippen molar-refractivity contribution in [3.8, 4) is 5.75 Å². The van der Waals surface area contributed by atoms with Crippen LogP contribution in [0.4, 0.5) is 5.69 Å². The van der Waals surface area contributed by atoms with Gasteiger partial charge in [-0.15, -0.1) is 0 Å². The highest BCUT2D eigenvalue weighted by Crippen LogP contribution is 2.16. The molecule has 22 heavy (non-hydrogen) atoms. The Morgan fingerprint density at radius 3 is 2.73 bits per heavy atom. The van der Waals surface area contributed by atoms with Crippen molar-refractivity contribution >= 4 is 23.2 Å². The lowest BCUT2D eigenvalue weighted by atomic mass is 10.2. The minimum Gasteiger partial charge on any atom is -0.497 e. The Balaban J connectivity index is 2.44. The van der Waals surface area contributed by atoms with Gasteiger partial charge in [-0.25, -0.2) is 5.43 Å². The lowest BCUT2D eigenvalue weighted by Gasteiger charge is -2.07. The van der Waals surface area contributed by atoms with E-state index in [-0.39, 0.29) is 18.2 Å². The van der Waals surface area contributed by atoms with Crippen molar-refractivity contribution in [2.45, 2.75) is 39.5 Å². The van der Waals surface area contributed by atoms with Gasteiger partial charge in [0.25, 0.3) is 0 Å². The molecule has 1 aromatic carbocycles. The quantitative estimate of drug-likeness (QED) is 0.572. The third kappa shape index (κ3) is 6.88. The van der Waals surface area contributed by atoms with Crippen molar-refractivity contribution < 1.29 is 14.3 Å². The van der Waals surface area contributed by atoms with Crippen LogP contribution in [0, 0.1) is 0 Å². The number of hydrogen-bond donors (Lipinski definition) is 2. The average Bonchev–Trinajstić information content (AvgIpc) is 2.50. The van der Waals surface area contributed by atoms with Gasteiger partial charge in [-0.2, -0.15) is 5.10 Å². The van der Waals surface area contributed by atoms with Gasteiger partial charge in [0.05, 0.1) is 13.5 Å². The van der Waals surface area contributed by atoms with Crippen LogP contribution in [-0.2, 0) is 9.59 Å². The molecule has 0 aromatic heterocycles. The van der Waals surface area contributed by atoms with Crippen molar-refractivity contribution in [3.05, 3.63) is 24.3 Å². The first-order chi connectivity index (χ1) is 10.5. The molecule has 6 nitrogen and oxygen atoms in total. The number of hydrazone groups is 1. The largest absolute Gasteiger partial charge is 0.497 e. The topological polar surface area (TPSA) is 79.8 Å². The summed E-state index contributed by atoms with van der Waals surface area (Å²) in [5, 5.41) is 6.68. The second kappa shape index (κ2) is 9.55. The van der Waals surface area contributed by atoms with E-state index in [1.807, 2.05) is 6.92 Å². The summed E-state index contributed by atoms with van der Waals surface area (Å²) in [5.41, 5.74) is 3.66. The molecule has 0 radical (unpaired) electrons. The summed E-state index contributed by atoms with van der Waals surface area (Å²) in [7, 11) is 1.57. The molecule has 0 saturated heterocycles. The molecule has 0 atom stereocenters. The van der Waals surface area contributed by atoms with E-state index in [9.17, 15) is 9.59 Å². The molecule has 6 heteroatoms. The van der Waals surface area contributed by atoms with Crippen LogP contribution in [0.3, 0.4) is 0 Å². The zero-order chi connectivity index (χ0) is 16.4. The Bertz CT molecular complexity index is 541. The fourth-order valence-electron chi connectivity index (χ4n) is 1.73. The number of amides is 2. The van der Waals surface area contributed by atoms with Crippen LogP contribution in [0.5, 0.6) is 5.75 Å². The zero-order valence-corrected chi connectivity index (χ0v) is 13.3. The molecular formula is C16H23N3O3. The maximum atomic E-state index is 11.9. The van der Waals surface area contributed by atoms with Crippen LogP contribution in [0.25, 0.3) is 0 Å². The highest BCUT2D eigenvalue weighted by atomic mass is 16.5. The first-order valence-electron chi connectivity index (χ1n) is 7.31. The molecule has 120 valence electrons. The van der Waals surface area contributed by atoms with Crippen molar-refractivity contribution in [1.82, 2.24) is 5.43 Å². The van der Waals surface area contributed by atoms with Crippen molar-refractivity contribution in [2.24, 2.45) is 5.10 Å². The summed E-state index contributed by atoms with van der Waals surface area (Å²) in [6, 6.07) is 7.11. The molecule has 0 aliphatic heterocycles. The summed E-state index contributed by atoms with van der Waals surface area (Å²) in [4.78, 5) is 23.3. The van der Waals surface area contributed by atoms with E-state index in [2.05, 4.69) is 15.8 Å². The summed E-state index contributed by atoms with van der Waals surface area (Å²) < 4.78 is 5.09. The summed E-state index contributed by atoms with van der Waals surface area (Å²) in [5.74, 6) is 0.345. The van der Waals surface area contributed by atoms with E-state index in [0.29, 0.717) is 23.6 Å². The Hall–Kier alpha value is -2.37. The highest BCUT2D eigenvalue weighted by molar-refractivity contribution is 6.05. The van der Waals surface area contributed by atoms with Gasteiger partial charge in [0.1, 0.15) is 5.75 Å². The average molecular weight is 305 g/mol. The van der Waals surface area contributed by atoms with Crippen LogP contribution in [0.1, 0.15) is 39.5 Å². The van der Waals surface area contributed by atoms with Crippen LogP contribution in [0.2, 0.25) is 0 Å². The summed E-state index contributed by atoms with van der Waals surface area (Å²) in [6.45, 7) is 3.72. The number of nitrogens with zero attached hydrogens (tertiary/aromatic N) is 1. The van der Waals surface area contributed by atoms with Gasteiger partial charge >= 0.3 is 0 Å². The molecule has 2 N–H and O–H groups in total. The predicted molar refractivity (Wildman–Crippen MR) is 87.0 cm³/mol. The van der Waals surface area contributed by atoms with E-state index in [1.165, 1.54) is 0 Å². The maximum absolute atomic E-state index is 11.9. The predicted octanol–water partition coefficient (Wildman–Crippen LogP) is 2.71. The van der Waals surface area contributed by atoms with Crippen LogP contribution in [0.15, 0.2) is 29.4 Å². The minimum absolute atomic E-state index is 0.116. The van der Waals surface area contributed by atoms with Gasteiger partial charge in [0, 0.05) is 23.9 Å². The van der Waals surface area contributed by atoms with E-state index in [1.54, 1.807) is 38.3 Å². The molecule has 0 fully saturated rings. The second-order valence-corrected chi connectivity index (χ2v) is 4.94. The van der Waals surface area contributed by atoms with Crippen LogP contribution < -0.4 is 15.5 Å². The SMILES string of the molecule is CCCCC(=O)N/N=C(/C)CC(=O)Nc1cccc(OC)c1. The van der Waals surface area contributed by atoms with E-state index >= 15 is 0 Å². The first-order valence-corrected chi connectivity index (χ1v) is 7.31. The number of benzene rings is 1. The lowest BCUT2D eigenvalue weighted by Crippen LogP contribution is -2.21. The Morgan fingerprint density at radius 2 is 2.05 bits per heavy atom. The first kappa shape index (κ1) is 17.7. The zero-order valence-electron chi connectivity index (χ0n) is 13.3. The molecule has 0 aliphatic rings. The Morgan fingerprint density at radius 1 is 1.27 bits per heavy atom. The number of rotatable bonds is 8. The lowest BCUT2D eigenvalue weighted by molar-refractivity contribution is -0.121. The van der Waals surface area contributed by atoms with Gasteiger partial charge < -0.3 is 10.1 Å². The third-order valence-corrected chi connectivity index (χ3v) is 2.90. The summed E-state index contributed by atoms with van der Waals surface area (Å²) >= 11 is 0. The Labute approximate surface area is 130 Å². The number of methoxy groups -OCH3 is 1. The normalized spacial score (nSPS) is 11.0. The number of carbonyl (C=O) groups is 2. The summed E-state index contributed by atoms with van der Waals surface area (Å²) in [6.07, 6.45) is 2.35. The van der Waals surface area contributed by atoms with Gasteiger partial charge in [0.15, 0.2) is 0 Å². The van der Waals surface area contributed by atoms with Gasteiger partial charge in [-0.1, -0.05) is 19.4 Å². The molecule has 0 unspecified atom stereocenters. The maximum Gasteiger partial charge on any atom is 0.240 e. The number of anilines is 1. The van der Waals surface area contributed by atoms with Gasteiger partial charge in [-0.05, 0) is 25.5 Å². The van der Waals surface area contributed by atoms with E-state index in [4.69, 9.17) is 4.74 Å². The van der Waals surface area contributed by atoms with Crippen molar-refractivity contribution in [1.29, 1.82) is 0 Å². The van der Waals surface area contributed by atoms with E-state index < -0.39 is 0 Å². The van der Waals surface area contributed by atoms with Crippen LogP contribution >= 0.6 is 0 Å². The van der Waals surface area contributed by atoms with Crippen LogP contribution in [-0.4, -0.2) is 24.6 Å². The number of hydrogen-bond acceptors (Lipinski definition) is 4. The highest BCUT2D eigenvalue weighted by Gasteiger charge is 2.06. The van der Waals surface area contributed by atoms with Gasteiger partial charge in [0.2, 0.25) is 11.8 Å². The van der Waals surface area contributed by atoms with E-state index in [0.717, 1.165) is 12.8 Å².